The van der Waals surface area contributed by atoms with E-state index in [4.69, 9.17) is 9.15 Å². The van der Waals surface area contributed by atoms with Gasteiger partial charge in [-0.25, -0.2) is 19.2 Å². The average molecular weight is 490 g/mol. The Morgan fingerprint density at radius 2 is 1.92 bits per heavy atom. The summed E-state index contributed by atoms with van der Waals surface area (Å²) in [5, 5.41) is 6.77. The van der Waals surface area contributed by atoms with Crippen LogP contribution in [-0.2, 0) is 4.74 Å². The first-order valence-electron chi connectivity index (χ1n) is 11.5. The first-order chi connectivity index (χ1) is 17.4. The summed E-state index contributed by atoms with van der Waals surface area (Å²) < 4.78 is 24.6. The van der Waals surface area contributed by atoms with Gasteiger partial charge in [0.25, 0.3) is 0 Å². The molecule has 0 radical (unpaired) electrons. The SMILES string of the molecule is CNc1cc(F)ccc1-c1ccnc(Nc2ccc3c(N4CCOCC4)c(C(C)=O)c(=O)oc3c2)n1. The van der Waals surface area contributed by atoms with Crippen molar-refractivity contribution >= 4 is 39.8 Å². The van der Waals surface area contributed by atoms with Gasteiger partial charge in [0, 0.05) is 54.7 Å². The molecule has 1 saturated heterocycles. The molecule has 1 aliphatic heterocycles. The van der Waals surface area contributed by atoms with E-state index in [-0.39, 0.29) is 17.2 Å². The first-order valence-corrected chi connectivity index (χ1v) is 11.5. The van der Waals surface area contributed by atoms with Crippen LogP contribution in [0.5, 0.6) is 0 Å². The Bertz CT molecular complexity index is 1510. The standard InChI is InChI=1S/C26H24FN5O4/c1-15(33)23-24(32-9-11-35-12-10-32)19-6-4-17(14-22(19)36-25(23)34)30-26-29-8-7-20(31-26)18-5-3-16(27)13-21(18)28-2/h3-8,13-14,28H,9-12H2,1-2H3,(H,29,30,31). The van der Waals surface area contributed by atoms with Gasteiger partial charge in [0.1, 0.15) is 17.0 Å². The van der Waals surface area contributed by atoms with Gasteiger partial charge in [0.2, 0.25) is 5.95 Å². The number of anilines is 4. The Balaban J connectivity index is 1.52. The summed E-state index contributed by atoms with van der Waals surface area (Å²) in [6.45, 7) is 3.52. The Morgan fingerprint density at radius 1 is 1.11 bits per heavy atom. The number of hydrogen-bond donors (Lipinski definition) is 2. The van der Waals surface area contributed by atoms with Gasteiger partial charge >= 0.3 is 5.63 Å². The van der Waals surface area contributed by atoms with Crippen LogP contribution < -0.4 is 21.2 Å². The molecule has 5 rings (SSSR count). The molecule has 0 aliphatic carbocycles. The van der Waals surface area contributed by atoms with Crippen molar-refractivity contribution in [3.63, 3.8) is 0 Å². The molecule has 1 fully saturated rings. The lowest BCUT2D eigenvalue weighted by Crippen LogP contribution is -2.38. The molecular formula is C26H24FN5O4. The van der Waals surface area contributed by atoms with Gasteiger partial charge in [-0.2, -0.15) is 0 Å². The third kappa shape index (κ3) is 4.50. The molecule has 0 bridgehead atoms. The van der Waals surface area contributed by atoms with E-state index in [1.54, 1.807) is 37.5 Å². The summed E-state index contributed by atoms with van der Waals surface area (Å²) in [5.74, 6) is -0.381. The van der Waals surface area contributed by atoms with E-state index in [1.807, 2.05) is 11.0 Å². The van der Waals surface area contributed by atoms with E-state index in [1.165, 1.54) is 19.1 Å². The Labute approximate surface area is 205 Å². The zero-order valence-corrected chi connectivity index (χ0v) is 19.8. The van der Waals surface area contributed by atoms with Crippen LogP contribution >= 0.6 is 0 Å². The zero-order valence-electron chi connectivity index (χ0n) is 19.8. The third-order valence-electron chi connectivity index (χ3n) is 6.00. The van der Waals surface area contributed by atoms with Gasteiger partial charge in [0.05, 0.1) is 24.6 Å². The van der Waals surface area contributed by atoms with Crippen LogP contribution in [0.15, 0.2) is 57.9 Å². The van der Waals surface area contributed by atoms with Crippen LogP contribution in [0.3, 0.4) is 0 Å². The summed E-state index contributed by atoms with van der Waals surface area (Å²) >= 11 is 0. The maximum Gasteiger partial charge on any atom is 0.349 e. The zero-order chi connectivity index (χ0) is 25.2. The largest absolute Gasteiger partial charge is 0.422 e. The van der Waals surface area contributed by atoms with Crippen molar-refractivity contribution in [3.05, 3.63) is 70.5 Å². The number of ether oxygens (including phenoxy) is 1. The first kappa shape index (κ1) is 23.4. The molecule has 0 amide bonds. The number of aromatic nitrogens is 2. The number of hydrogen-bond acceptors (Lipinski definition) is 9. The van der Waals surface area contributed by atoms with Crippen LogP contribution in [0.1, 0.15) is 17.3 Å². The number of benzene rings is 2. The molecule has 0 unspecified atom stereocenters. The minimum absolute atomic E-state index is 0.0424. The normalized spacial score (nSPS) is 13.6. The second-order valence-corrected chi connectivity index (χ2v) is 8.31. The number of carbonyl (C=O) groups excluding carboxylic acids is 1. The van der Waals surface area contributed by atoms with Gasteiger partial charge in [0.15, 0.2) is 5.78 Å². The number of ketones is 1. The molecular weight excluding hydrogens is 465 g/mol. The Morgan fingerprint density at radius 3 is 2.67 bits per heavy atom. The molecule has 2 aromatic carbocycles. The van der Waals surface area contributed by atoms with Crippen LogP contribution in [0.25, 0.3) is 22.2 Å². The van der Waals surface area contributed by atoms with Crippen molar-refractivity contribution in [1.82, 2.24) is 9.97 Å². The fraction of sp³-hybridized carbons (Fsp3) is 0.231. The summed E-state index contributed by atoms with van der Waals surface area (Å²) in [6, 6.07) is 11.4. The number of halogens is 1. The molecule has 36 heavy (non-hydrogen) atoms. The quantitative estimate of drug-likeness (QED) is 0.304. The van der Waals surface area contributed by atoms with Crippen LogP contribution in [-0.4, -0.2) is 49.1 Å². The second-order valence-electron chi connectivity index (χ2n) is 8.31. The summed E-state index contributed by atoms with van der Waals surface area (Å²) in [4.78, 5) is 35.9. The third-order valence-corrected chi connectivity index (χ3v) is 6.00. The van der Waals surface area contributed by atoms with E-state index < -0.39 is 5.63 Å². The van der Waals surface area contributed by atoms with Gasteiger partial charge in [-0.3, -0.25) is 4.79 Å². The van der Waals surface area contributed by atoms with Crippen molar-refractivity contribution in [2.24, 2.45) is 0 Å². The highest BCUT2D eigenvalue weighted by molar-refractivity contribution is 6.07. The highest BCUT2D eigenvalue weighted by atomic mass is 19.1. The molecule has 184 valence electrons. The minimum atomic E-state index is -0.678. The number of nitrogens with zero attached hydrogens (tertiary/aromatic N) is 3. The van der Waals surface area contributed by atoms with E-state index in [0.29, 0.717) is 66.0 Å². The summed E-state index contributed by atoms with van der Waals surface area (Å²) in [5.41, 5.74) is 2.79. The molecule has 0 atom stereocenters. The van der Waals surface area contributed by atoms with Crippen molar-refractivity contribution in [3.8, 4) is 11.3 Å². The summed E-state index contributed by atoms with van der Waals surface area (Å²) in [6.07, 6.45) is 1.60. The minimum Gasteiger partial charge on any atom is -0.422 e. The van der Waals surface area contributed by atoms with Gasteiger partial charge in [-0.1, -0.05) is 0 Å². The van der Waals surface area contributed by atoms with E-state index in [0.717, 1.165) is 5.56 Å². The number of nitrogens with one attached hydrogen (secondary N) is 2. The molecule has 0 spiro atoms. The highest BCUT2D eigenvalue weighted by Gasteiger charge is 2.24. The topological polar surface area (TPSA) is 110 Å². The lowest BCUT2D eigenvalue weighted by molar-refractivity contribution is 0.101. The number of fused-ring (bicyclic) bond motifs is 1. The van der Waals surface area contributed by atoms with E-state index in [2.05, 4.69) is 20.6 Å². The predicted molar refractivity (Wildman–Crippen MR) is 136 cm³/mol. The number of rotatable bonds is 6. The van der Waals surface area contributed by atoms with Crippen LogP contribution in [0, 0.1) is 5.82 Å². The van der Waals surface area contributed by atoms with Crippen molar-refractivity contribution < 1.29 is 18.3 Å². The lowest BCUT2D eigenvalue weighted by atomic mass is 10.1. The fourth-order valence-corrected chi connectivity index (χ4v) is 4.33. The molecule has 9 nitrogen and oxygen atoms in total. The van der Waals surface area contributed by atoms with Crippen LogP contribution in [0.2, 0.25) is 0 Å². The second kappa shape index (κ2) is 9.74. The molecule has 3 heterocycles. The maximum absolute atomic E-state index is 13.6. The molecule has 1 aliphatic rings. The Hall–Kier alpha value is -4.31. The highest BCUT2D eigenvalue weighted by Crippen LogP contribution is 2.33. The van der Waals surface area contributed by atoms with E-state index in [9.17, 15) is 14.0 Å². The molecule has 4 aromatic rings. The lowest BCUT2D eigenvalue weighted by Gasteiger charge is -2.30. The van der Waals surface area contributed by atoms with Crippen molar-refractivity contribution in [1.29, 1.82) is 0 Å². The summed E-state index contributed by atoms with van der Waals surface area (Å²) in [7, 11) is 1.71. The average Bonchev–Trinajstić information content (AvgIpc) is 2.88. The van der Waals surface area contributed by atoms with Gasteiger partial charge in [-0.15, -0.1) is 0 Å². The number of morpholine rings is 1. The van der Waals surface area contributed by atoms with Gasteiger partial charge < -0.3 is 24.7 Å². The van der Waals surface area contributed by atoms with Crippen molar-refractivity contribution in [2.75, 3.05) is 48.9 Å². The fourth-order valence-electron chi connectivity index (χ4n) is 4.33. The maximum atomic E-state index is 13.6. The molecule has 2 aromatic heterocycles. The number of Topliss-reactive ketones (excluding diaryl/α,β-unsaturated/α-hetero) is 1. The number of carbonyl (C=O) groups is 1. The molecule has 0 saturated carbocycles. The monoisotopic (exact) mass is 489 g/mol. The van der Waals surface area contributed by atoms with Crippen LogP contribution in [0.4, 0.5) is 27.4 Å². The Kier molecular flexibility index (Phi) is 6.34. The smallest absolute Gasteiger partial charge is 0.349 e. The molecule has 10 heteroatoms. The van der Waals surface area contributed by atoms with Crippen molar-refractivity contribution in [2.45, 2.75) is 6.92 Å². The van der Waals surface area contributed by atoms with Gasteiger partial charge in [-0.05, 0) is 43.3 Å². The molecule has 2 N–H and O–H groups in total. The van der Waals surface area contributed by atoms with E-state index >= 15 is 0 Å². The predicted octanol–water partition coefficient (Wildman–Crippen LogP) is 4.21.